The topological polar surface area (TPSA) is 0 Å². The van der Waals surface area contributed by atoms with E-state index in [-0.39, 0.29) is 27.3 Å². The Morgan fingerprint density at radius 3 is 1.25 bits per heavy atom. The number of rotatable bonds is 0. The summed E-state index contributed by atoms with van der Waals surface area (Å²) in [5, 5.41) is 0. The van der Waals surface area contributed by atoms with Gasteiger partial charge < -0.3 is 0 Å². The van der Waals surface area contributed by atoms with Gasteiger partial charge in [-0.15, -0.1) is 0 Å². The second-order valence-electron chi connectivity index (χ2n) is 0.408. The molecule has 0 spiro atoms. The van der Waals surface area contributed by atoms with E-state index in [2.05, 4.69) is 0 Å². The van der Waals surface area contributed by atoms with E-state index >= 15 is 0 Å². The van der Waals surface area contributed by atoms with Crippen molar-refractivity contribution in [3.05, 3.63) is 0 Å². The molecule has 0 aliphatic carbocycles. The molecule has 0 aromatic rings. The zero-order chi connectivity index (χ0) is 2.71. The van der Waals surface area contributed by atoms with Crippen LogP contribution in [0.2, 0.25) is 0 Å². The molecule has 0 nitrogen and oxygen atoms in total. The van der Waals surface area contributed by atoms with Crippen LogP contribution in [-0.4, -0.2) is 39.8 Å². The van der Waals surface area contributed by atoms with Gasteiger partial charge in [-0.25, -0.2) is 0 Å². The third-order valence-electron chi connectivity index (χ3n) is 0. The summed E-state index contributed by atoms with van der Waals surface area (Å²) in [6.45, 7) is 0. The number of thioether (sulfide) groups is 1. The van der Waals surface area contributed by atoms with Gasteiger partial charge in [-0.3, -0.25) is 0 Å². The first-order chi connectivity index (χ1) is 1.41. The molecule has 0 aliphatic rings. The average Bonchev–Trinajstić information content (AvgIpc) is 0.918. The van der Waals surface area contributed by atoms with Crippen LogP contribution < -0.4 is 0 Å². The molecule has 0 atom stereocenters. The van der Waals surface area contributed by atoms with E-state index in [4.69, 9.17) is 0 Å². The van der Waals surface area contributed by atoms with E-state index in [9.17, 15) is 0 Å². The van der Waals surface area contributed by atoms with Gasteiger partial charge in [-0.2, -0.15) is 11.8 Å². The zero-order valence-corrected chi connectivity index (χ0v) is 9.43. The SMILES string of the molecule is CSC.[PbH2]. The Bertz CT molecular complexity index is 6.00. The summed E-state index contributed by atoms with van der Waals surface area (Å²) in [4.78, 5) is 0. The summed E-state index contributed by atoms with van der Waals surface area (Å²) in [7, 11) is 0. The van der Waals surface area contributed by atoms with Crippen LogP contribution in [-0.2, 0) is 0 Å². The van der Waals surface area contributed by atoms with Crippen molar-refractivity contribution in [2.75, 3.05) is 12.5 Å². The molecule has 0 aromatic carbocycles. The van der Waals surface area contributed by atoms with Crippen molar-refractivity contribution >= 4 is 39.1 Å². The normalized spacial score (nSPS) is 4.50. The summed E-state index contributed by atoms with van der Waals surface area (Å²) >= 11 is 1.75. The van der Waals surface area contributed by atoms with Crippen molar-refractivity contribution in [3.63, 3.8) is 0 Å². The summed E-state index contributed by atoms with van der Waals surface area (Å²) in [6, 6.07) is 0. The van der Waals surface area contributed by atoms with Crippen LogP contribution in [0.4, 0.5) is 0 Å². The second kappa shape index (κ2) is 8.86. The number of hydrogen-bond acceptors (Lipinski definition) is 1. The fourth-order valence-electron chi connectivity index (χ4n) is 0. The van der Waals surface area contributed by atoms with E-state index in [1.807, 2.05) is 12.5 Å². The third-order valence-corrected chi connectivity index (χ3v) is 0. The molecule has 0 bridgehead atoms. The van der Waals surface area contributed by atoms with Crippen molar-refractivity contribution in [3.8, 4) is 0 Å². The fraction of sp³-hybridized carbons (Fsp3) is 1.00. The minimum atomic E-state index is 0. The Morgan fingerprint density at radius 2 is 1.25 bits per heavy atom. The van der Waals surface area contributed by atoms with Crippen LogP contribution in [0.15, 0.2) is 0 Å². The van der Waals surface area contributed by atoms with Gasteiger partial charge in [-0.05, 0) is 12.5 Å². The molecule has 0 unspecified atom stereocenters. The Labute approximate surface area is 51.5 Å². The van der Waals surface area contributed by atoms with Crippen molar-refractivity contribution in [2.45, 2.75) is 0 Å². The predicted octanol–water partition coefficient (Wildman–Crippen LogP) is 0.0630. The zero-order valence-electron chi connectivity index (χ0n) is 3.12. The molecule has 0 saturated heterocycles. The monoisotopic (exact) mass is 272 g/mol. The van der Waals surface area contributed by atoms with Gasteiger partial charge in [0.25, 0.3) is 0 Å². The van der Waals surface area contributed by atoms with Gasteiger partial charge in [-0.1, -0.05) is 0 Å². The maximum absolute atomic E-state index is 2.04. The first-order valence-corrected chi connectivity index (χ1v) is 2.45. The quantitative estimate of drug-likeness (QED) is 0.562. The molecular weight excluding hydrogens is 263 g/mol. The van der Waals surface area contributed by atoms with E-state index in [1.54, 1.807) is 11.8 Å². The summed E-state index contributed by atoms with van der Waals surface area (Å²) in [6.07, 6.45) is 4.08. The van der Waals surface area contributed by atoms with Crippen molar-refractivity contribution < 1.29 is 0 Å². The Balaban J connectivity index is 0. The molecule has 0 rings (SSSR count). The first-order valence-electron chi connectivity index (χ1n) is 0.816. The second-order valence-corrected chi connectivity index (χ2v) is 1.22. The minimum absolute atomic E-state index is 0. The third kappa shape index (κ3) is 10.4. The predicted molar refractivity (Wildman–Crippen MR) is 28.0 cm³/mol. The molecular formula is C2H8PbS. The summed E-state index contributed by atoms with van der Waals surface area (Å²) < 4.78 is 0. The molecule has 0 heterocycles. The summed E-state index contributed by atoms with van der Waals surface area (Å²) in [5.74, 6) is 0. The standard InChI is InChI=1S/C2H6S.Pb.2H/c1-3-2;;;/h1-2H3;;;. The molecule has 4 heavy (non-hydrogen) atoms. The Kier molecular flexibility index (Phi) is 19.9. The summed E-state index contributed by atoms with van der Waals surface area (Å²) in [5.41, 5.74) is 0. The van der Waals surface area contributed by atoms with Crippen LogP contribution in [0.1, 0.15) is 0 Å². The molecule has 0 aliphatic heterocycles. The van der Waals surface area contributed by atoms with Gasteiger partial charge in [0, 0.05) is 0 Å². The van der Waals surface area contributed by atoms with Crippen LogP contribution in [0.5, 0.6) is 0 Å². The van der Waals surface area contributed by atoms with Crippen molar-refractivity contribution in [1.82, 2.24) is 0 Å². The molecule has 2 heteroatoms. The van der Waals surface area contributed by atoms with Crippen LogP contribution >= 0.6 is 11.8 Å². The molecule has 0 amide bonds. The maximum atomic E-state index is 2.04. The van der Waals surface area contributed by atoms with Gasteiger partial charge >= 0.3 is 27.3 Å². The average molecular weight is 271 g/mol. The van der Waals surface area contributed by atoms with E-state index in [1.165, 1.54) is 0 Å². The van der Waals surface area contributed by atoms with Gasteiger partial charge in [0.15, 0.2) is 0 Å². The number of hydrogen-bond donors (Lipinski definition) is 0. The van der Waals surface area contributed by atoms with E-state index in [0.29, 0.717) is 0 Å². The van der Waals surface area contributed by atoms with Gasteiger partial charge in [0.1, 0.15) is 0 Å². The van der Waals surface area contributed by atoms with Crippen molar-refractivity contribution in [1.29, 1.82) is 0 Å². The molecule has 0 fully saturated rings. The van der Waals surface area contributed by atoms with Crippen LogP contribution in [0.3, 0.4) is 0 Å². The van der Waals surface area contributed by atoms with Gasteiger partial charge in [0.2, 0.25) is 0 Å². The van der Waals surface area contributed by atoms with Crippen molar-refractivity contribution in [2.24, 2.45) is 0 Å². The fourth-order valence-corrected chi connectivity index (χ4v) is 0. The molecule has 0 aromatic heterocycles. The van der Waals surface area contributed by atoms with E-state index < -0.39 is 0 Å². The molecule has 0 N–H and O–H groups in total. The molecule has 2 radical (unpaired) electrons. The molecule has 0 saturated carbocycles. The Morgan fingerprint density at radius 1 is 1.25 bits per heavy atom. The van der Waals surface area contributed by atoms with Crippen LogP contribution in [0, 0.1) is 0 Å². The first kappa shape index (κ1) is 8.99. The Hall–Kier alpha value is 1.27. The molecule has 26 valence electrons. The van der Waals surface area contributed by atoms with Gasteiger partial charge in [0.05, 0.1) is 0 Å². The van der Waals surface area contributed by atoms with Crippen LogP contribution in [0.25, 0.3) is 0 Å². The van der Waals surface area contributed by atoms with E-state index in [0.717, 1.165) is 0 Å².